The molecule has 1 N–H and O–H groups in total. The van der Waals surface area contributed by atoms with Crippen molar-refractivity contribution in [3.8, 4) is 0 Å². The second-order valence-electron chi connectivity index (χ2n) is 7.71. The van der Waals surface area contributed by atoms with Gasteiger partial charge in [0.15, 0.2) is 0 Å². The van der Waals surface area contributed by atoms with Crippen LogP contribution in [0.15, 0.2) is 54.6 Å². The van der Waals surface area contributed by atoms with Crippen LogP contribution >= 0.6 is 0 Å². The van der Waals surface area contributed by atoms with Crippen LogP contribution in [0.4, 0.5) is 5.69 Å². The number of non-ortho nitro benzene ring substituents is 1. The summed E-state index contributed by atoms with van der Waals surface area (Å²) in [6, 6.07) is 16.9. The molecule has 1 saturated carbocycles. The third kappa shape index (κ3) is 4.75. The van der Waals surface area contributed by atoms with Gasteiger partial charge in [-0.05, 0) is 57.3 Å². The van der Waals surface area contributed by atoms with E-state index in [2.05, 4.69) is 48.6 Å². The van der Waals surface area contributed by atoms with Gasteiger partial charge in [-0.25, -0.2) is 0 Å². The first kappa shape index (κ1) is 20.0. The van der Waals surface area contributed by atoms with Crippen LogP contribution in [0.25, 0.3) is 0 Å². The van der Waals surface area contributed by atoms with Gasteiger partial charge >= 0.3 is 0 Å². The van der Waals surface area contributed by atoms with Gasteiger partial charge < -0.3 is 10.2 Å². The van der Waals surface area contributed by atoms with Gasteiger partial charge in [-0.2, -0.15) is 0 Å². The van der Waals surface area contributed by atoms with Gasteiger partial charge in [-0.1, -0.05) is 36.4 Å². The fourth-order valence-electron chi connectivity index (χ4n) is 4.25. The Morgan fingerprint density at radius 3 is 2.36 bits per heavy atom. The van der Waals surface area contributed by atoms with Gasteiger partial charge in [0.25, 0.3) is 11.6 Å². The lowest BCUT2D eigenvalue weighted by molar-refractivity contribution is -0.384. The van der Waals surface area contributed by atoms with E-state index in [1.54, 1.807) is 12.1 Å². The summed E-state index contributed by atoms with van der Waals surface area (Å²) in [6.45, 7) is 0. The number of rotatable bonds is 6. The molecule has 148 valence electrons. The van der Waals surface area contributed by atoms with Gasteiger partial charge in [-0.15, -0.1) is 0 Å². The minimum atomic E-state index is -0.479. The highest BCUT2D eigenvalue weighted by Crippen LogP contribution is 2.37. The van der Waals surface area contributed by atoms with Gasteiger partial charge in [0, 0.05) is 29.8 Å². The topological polar surface area (TPSA) is 75.5 Å². The maximum absolute atomic E-state index is 12.5. The zero-order valence-corrected chi connectivity index (χ0v) is 16.4. The number of hydrogen-bond acceptors (Lipinski definition) is 4. The second-order valence-corrected chi connectivity index (χ2v) is 7.71. The SMILES string of the molecule is CN(C)C(c1ccccc1)C1CCC(NC(=O)c2cccc([N+](=O)[O-])c2)CC1. The highest BCUT2D eigenvalue weighted by molar-refractivity contribution is 5.95. The van der Waals surface area contributed by atoms with Crippen LogP contribution in [-0.2, 0) is 0 Å². The van der Waals surface area contributed by atoms with Crippen LogP contribution in [0.2, 0.25) is 0 Å². The molecule has 0 spiro atoms. The van der Waals surface area contributed by atoms with E-state index in [-0.39, 0.29) is 17.6 Å². The normalized spacial score (nSPS) is 20.5. The minimum absolute atomic E-state index is 0.0620. The van der Waals surface area contributed by atoms with Gasteiger partial charge in [0.2, 0.25) is 0 Å². The Kier molecular flexibility index (Phi) is 6.41. The number of nitro groups is 1. The predicted molar refractivity (Wildman–Crippen MR) is 109 cm³/mol. The number of nitrogens with one attached hydrogen (secondary N) is 1. The van der Waals surface area contributed by atoms with E-state index < -0.39 is 4.92 Å². The average molecular weight is 381 g/mol. The average Bonchev–Trinajstić information content (AvgIpc) is 2.70. The summed E-state index contributed by atoms with van der Waals surface area (Å²) >= 11 is 0. The first-order chi connectivity index (χ1) is 13.5. The molecule has 2 aromatic carbocycles. The summed E-state index contributed by atoms with van der Waals surface area (Å²) in [5.74, 6) is 0.308. The van der Waals surface area contributed by atoms with Crippen LogP contribution < -0.4 is 5.32 Å². The highest BCUT2D eigenvalue weighted by Gasteiger charge is 2.30. The summed E-state index contributed by atoms with van der Waals surface area (Å²) in [6.07, 6.45) is 3.92. The molecule has 28 heavy (non-hydrogen) atoms. The quantitative estimate of drug-likeness (QED) is 0.601. The van der Waals surface area contributed by atoms with Gasteiger partial charge in [0.1, 0.15) is 0 Å². The van der Waals surface area contributed by atoms with Crippen LogP contribution in [0.3, 0.4) is 0 Å². The summed E-state index contributed by atoms with van der Waals surface area (Å²) in [4.78, 5) is 25.2. The first-order valence-electron chi connectivity index (χ1n) is 9.72. The Balaban J connectivity index is 1.60. The van der Waals surface area contributed by atoms with E-state index in [0.29, 0.717) is 17.5 Å². The molecule has 1 fully saturated rings. The maximum Gasteiger partial charge on any atom is 0.270 e. The van der Waals surface area contributed by atoms with Crippen LogP contribution in [0, 0.1) is 16.0 Å². The molecule has 6 heteroatoms. The Hall–Kier alpha value is -2.73. The third-order valence-electron chi connectivity index (χ3n) is 5.57. The Morgan fingerprint density at radius 1 is 1.07 bits per heavy atom. The molecule has 1 aliphatic carbocycles. The minimum Gasteiger partial charge on any atom is -0.349 e. The molecule has 0 heterocycles. The molecule has 0 radical (unpaired) electrons. The van der Waals surface area contributed by atoms with Crippen LogP contribution in [0.5, 0.6) is 0 Å². The number of benzene rings is 2. The molecular weight excluding hydrogens is 354 g/mol. The van der Waals surface area contributed by atoms with Crippen molar-refractivity contribution in [1.29, 1.82) is 0 Å². The number of carbonyl (C=O) groups is 1. The molecule has 1 aliphatic rings. The van der Waals surface area contributed by atoms with Crippen molar-refractivity contribution in [2.24, 2.45) is 5.92 Å². The van der Waals surface area contributed by atoms with Crippen molar-refractivity contribution in [3.05, 3.63) is 75.8 Å². The summed E-state index contributed by atoms with van der Waals surface area (Å²) in [5, 5.41) is 14.0. The Labute approximate surface area is 165 Å². The molecule has 1 unspecified atom stereocenters. The molecule has 6 nitrogen and oxygen atoms in total. The lowest BCUT2D eigenvalue weighted by Gasteiger charge is -2.37. The standard InChI is InChI=1S/C22H27N3O3/c1-24(2)21(16-7-4-3-5-8-16)17-11-13-19(14-12-17)23-22(26)18-9-6-10-20(15-18)25(27)28/h3-10,15,17,19,21H,11-14H2,1-2H3,(H,23,26). The zero-order valence-electron chi connectivity index (χ0n) is 16.4. The largest absolute Gasteiger partial charge is 0.349 e. The first-order valence-corrected chi connectivity index (χ1v) is 9.72. The monoisotopic (exact) mass is 381 g/mol. The van der Waals surface area contributed by atoms with Crippen molar-refractivity contribution in [2.75, 3.05) is 14.1 Å². The van der Waals surface area contributed by atoms with Gasteiger partial charge in [-0.3, -0.25) is 14.9 Å². The molecule has 0 bridgehead atoms. The van der Waals surface area contributed by atoms with E-state index >= 15 is 0 Å². The number of nitrogens with zero attached hydrogens (tertiary/aromatic N) is 2. The number of amides is 1. The van der Waals surface area contributed by atoms with Crippen molar-refractivity contribution in [3.63, 3.8) is 0 Å². The number of hydrogen-bond donors (Lipinski definition) is 1. The number of nitro benzene ring substituents is 1. The smallest absolute Gasteiger partial charge is 0.270 e. The highest BCUT2D eigenvalue weighted by atomic mass is 16.6. The van der Waals surface area contributed by atoms with Crippen LogP contribution in [-0.4, -0.2) is 35.9 Å². The molecule has 1 amide bonds. The molecule has 3 rings (SSSR count). The zero-order chi connectivity index (χ0) is 20.1. The molecular formula is C22H27N3O3. The van der Waals surface area contributed by atoms with Crippen molar-refractivity contribution in [1.82, 2.24) is 10.2 Å². The summed E-state index contributed by atoms with van der Waals surface area (Å²) < 4.78 is 0. The fraction of sp³-hybridized carbons (Fsp3) is 0.409. The van der Waals surface area contributed by atoms with Gasteiger partial charge in [0.05, 0.1) is 4.92 Å². The van der Waals surface area contributed by atoms with E-state index in [1.807, 2.05) is 6.07 Å². The van der Waals surface area contributed by atoms with E-state index in [0.717, 1.165) is 25.7 Å². The molecule has 0 aromatic heterocycles. The van der Waals surface area contributed by atoms with Crippen molar-refractivity contribution < 1.29 is 9.72 Å². The molecule has 2 aromatic rings. The fourth-order valence-corrected chi connectivity index (χ4v) is 4.25. The lowest BCUT2D eigenvalue weighted by atomic mass is 9.78. The van der Waals surface area contributed by atoms with Crippen LogP contribution in [0.1, 0.15) is 47.6 Å². The Bertz CT molecular complexity index is 815. The second kappa shape index (κ2) is 8.97. The number of carbonyl (C=O) groups excluding carboxylic acids is 1. The molecule has 1 atom stereocenters. The molecule has 0 aliphatic heterocycles. The van der Waals surface area contributed by atoms with Crippen molar-refractivity contribution in [2.45, 2.75) is 37.8 Å². The molecule has 0 saturated heterocycles. The third-order valence-corrected chi connectivity index (χ3v) is 5.57. The van der Waals surface area contributed by atoms with E-state index in [4.69, 9.17) is 0 Å². The predicted octanol–water partition coefficient (Wildman–Crippen LogP) is 4.19. The van der Waals surface area contributed by atoms with E-state index in [1.165, 1.54) is 17.7 Å². The lowest BCUT2D eigenvalue weighted by Crippen LogP contribution is -2.39. The maximum atomic E-state index is 12.5. The van der Waals surface area contributed by atoms with E-state index in [9.17, 15) is 14.9 Å². The Morgan fingerprint density at radius 2 is 1.75 bits per heavy atom. The summed E-state index contributed by atoms with van der Waals surface area (Å²) in [7, 11) is 4.24. The van der Waals surface area contributed by atoms with Crippen molar-refractivity contribution >= 4 is 11.6 Å². The summed E-state index contributed by atoms with van der Waals surface area (Å²) in [5.41, 5.74) is 1.61.